The minimum absolute atomic E-state index is 0.0131. The Morgan fingerprint density at radius 2 is 2.31 bits per heavy atom. The number of thiazole rings is 1. The maximum atomic E-state index is 13.2. The fourth-order valence-corrected chi connectivity index (χ4v) is 2.40. The normalized spacial score (nSPS) is 19.5. The molecule has 1 aliphatic carbocycles. The number of carbonyl (C=O) groups excluding carboxylic acids is 1. The van der Waals surface area contributed by atoms with E-state index >= 15 is 0 Å². The van der Waals surface area contributed by atoms with Crippen molar-refractivity contribution in [1.82, 2.24) is 4.98 Å². The molecule has 2 rings (SSSR count). The first-order chi connectivity index (χ1) is 6.13. The smallest absolute Gasteiger partial charge is 0.284 e. The number of nitrogens with zero attached hydrogens (tertiary/aromatic N) is 1. The second-order valence-corrected chi connectivity index (χ2v) is 4.03. The van der Waals surface area contributed by atoms with Gasteiger partial charge in [0.2, 0.25) is 0 Å². The molecule has 2 nitrogen and oxygen atoms in total. The Bertz CT molecular complexity index is 348. The van der Waals surface area contributed by atoms with E-state index in [4.69, 9.17) is 0 Å². The van der Waals surface area contributed by atoms with Gasteiger partial charge in [0.25, 0.3) is 5.92 Å². The van der Waals surface area contributed by atoms with Crippen molar-refractivity contribution in [2.45, 2.75) is 25.2 Å². The SMILES string of the molecule is O=Cc1nc2c(s1)C(F)(F)CCC2. The molecule has 0 saturated carbocycles. The third-order valence-electron chi connectivity index (χ3n) is 2.05. The van der Waals surface area contributed by atoms with Crippen molar-refractivity contribution >= 4 is 17.6 Å². The number of hydrogen-bond donors (Lipinski definition) is 0. The number of aldehydes is 1. The molecule has 70 valence electrons. The van der Waals surface area contributed by atoms with Gasteiger partial charge in [-0.3, -0.25) is 4.79 Å². The Morgan fingerprint density at radius 1 is 1.54 bits per heavy atom. The Kier molecular flexibility index (Phi) is 1.91. The second-order valence-electron chi connectivity index (χ2n) is 3.00. The number of alkyl halides is 2. The van der Waals surface area contributed by atoms with Crippen molar-refractivity contribution in [2.75, 3.05) is 0 Å². The zero-order chi connectivity index (χ0) is 9.47. The highest BCUT2D eigenvalue weighted by atomic mass is 32.1. The maximum absolute atomic E-state index is 13.2. The maximum Gasteiger partial charge on any atom is 0.284 e. The number of fused-ring (bicyclic) bond motifs is 1. The van der Waals surface area contributed by atoms with Gasteiger partial charge < -0.3 is 0 Å². The molecule has 1 heterocycles. The van der Waals surface area contributed by atoms with E-state index in [2.05, 4.69) is 4.98 Å². The van der Waals surface area contributed by atoms with Crippen molar-refractivity contribution in [3.05, 3.63) is 15.6 Å². The molecule has 0 saturated heterocycles. The van der Waals surface area contributed by atoms with Crippen LogP contribution < -0.4 is 0 Å². The van der Waals surface area contributed by atoms with Gasteiger partial charge in [-0.1, -0.05) is 0 Å². The second kappa shape index (κ2) is 2.83. The highest BCUT2D eigenvalue weighted by molar-refractivity contribution is 7.13. The average molecular weight is 203 g/mol. The van der Waals surface area contributed by atoms with E-state index in [1.165, 1.54) is 0 Å². The molecular weight excluding hydrogens is 196 g/mol. The van der Waals surface area contributed by atoms with Crippen LogP contribution in [0, 0.1) is 0 Å². The highest BCUT2D eigenvalue weighted by Crippen LogP contribution is 2.42. The molecule has 5 heteroatoms. The quantitative estimate of drug-likeness (QED) is 0.656. The van der Waals surface area contributed by atoms with Gasteiger partial charge in [-0.05, 0) is 12.8 Å². The van der Waals surface area contributed by atoms with E-state index in [9.17, 15) is 13.6 Å². The van der Waals surface area contributed by atoms with Gasteiger partial charge in [-0.25, -0.2) is 13.8 Å². The Labute approximate surface area is 77.6 Å². The molecule has 13 heavy (non-hydrogen) atoms. The predicted octanol–water partition coefficient (Wildman–Crippen LogP) is 2.38. The highest BCUT2D eigenvalue weighted by Gasteiger charge is 2.39. The monoisotopic (exact) mass is 203 g/mol. The summed E-state index contributed by atoms with van der Waals surface area (Å²) >= 11 is 0.813. The van der Waals surface area contributed by atoms with Gasteiger partial charge in [0, 0.05) is 6.42 Å². The van der Waals surface area contributed by atoms with Crippen LogP contribution in [0.25, 0.3) is 0 Å². The molecule has 0 radical (unpaired) electrons. The van der Waals surface area contributed by atoms with Crippen LogP contribution >= 0.6 is 11.3 Å². The summed E-state index contributed by atoms with van der Waals surface area (Å²) in [7, 11) is 0. The van der Waals surface area contributed by atoms with Gasteiger partial charge in [-0.2, -0.15) is 0 Å². The first kappa shape index (κ1) is 8.74. The van der Waals surface area contributed by atoms with Gasteiger partial charge in [0.15, 0.2) is 11.3 Å². The average Bonchev–Trinajstić information content (AvgIpc) is 2.48. The Balaban J connectivity index is 2.50. The van der Waals surface area contributed by atoms with E-state index < -0.39 is 5.92 Å². The molecule has 0 amide bonds. The Morgan fingerprint density at radius 3 is 2.92 bits per heavy atom. The van der Waals surface area contributed by atoms with Crippen LogP contribution in [0.4, 0.5) is 8.78 Å². The van der Waals surface area contributed by atoms with Crippen LogP contribution in [0.2, 0.25) is 0 Å². The molecule has 0 aromatic carbocycles. The van der Waals surface area contributed by atoms with Crippen LogP contribution in [0.3, 0.4) is 0 Å². The van der Waals surface area contributed by atoms with Gasteiger partial charge >= 0.3 is 0 Å². The van der Waals surface area contributed by atoms with Gasteiger partial charge in [0.1, 0.15) is 0 Å². The van der Waals surface area contributed by atoms with Crippen LogP contribution in [0.1, 0.15) is 33.2 Å². The van der Waals surface area contributed by atoms with Crippen LogP contribution in [-0.4, -0.2) is 11.3 Å². The van der Waals surface area contributed by atoms with Crippen molar-refractivity contribution in [2.24, 2.45) is 0 Å². The lowest BCUT2D eigenvalue weighted by molar-refractivity contribution is -0.0181. The van der Waals surface area contributed by atoms with Crippen molar-refractivity contribution < 1.29 is 13.6 Å². The van der Waals surface area contributed by atoms with E-state index in [1.54, 1.807) is 0 Å². The van der Waals surface area contributed by atoms with Crippen molar-refractivity contribution in [3.63, 3.8) is 0 Å². The number of carbonyl (C=O) groups is 1. The summed E-state index contributed by atoms with van der Waals surface area (Å²) in [5.74, 6) is -2.77. The third-order valence-corrected chi connectivity index (χ3v) is 3.19. The fraction of sp³-hybridized carbons (Fsp3) is 0.500. The van der Waals surface area contributed by atoms with E-state index in [-0.39, 0.29) is 16.3 Å². The minimum atomic E-state index is -2.77. The summed E-state index contributed by atoms with van der Waals surface area (Å²) in [6.45, 7) is 0. The molecule has 0 unspecified atom stereocenters. The number of aromatic nitrogens is 1. The molecule has 0 atom stereocenters. The molecule has 1 aliphatic rings. The van der Waals surface area contributed by atoms with Gasteiger partial charge in [-0.15, -0.1) is 11.3 Å². The summed E-state index contributed by atoms with van der Waals surface area (Å²) < 4.78 is 26.4. The van der Waals surface area contributed by atoms with E-state index in [0.29, 0.717) is 24.8 Å². The largest absolute Gasteiger partial charge is 0.295 e. The third kappa shape index (κ3) is 1.37. The molecule has 1 aromatic rings. The number of rotatable bonds is 1. The molecule has 0 fully saturated rings. The topological polar surface area (TPSA) is 30.0 Å². The predicted molar refractivity (Wildman–Crippen MR) is 44.3 cm³/mol. The van der Waals surface area contributed by atoms with Crippen LogP contribution in [-0.2, 0) is 12.3 Å². The Hall–Kier alpha value is -0.840. The fourth-order valence-electron chi connectivity index (χ4n) is 1.47. The number of halogens is 2. The molecule has 0 N–H and O–H groups in total. The number of hydrogen-bond acceptors (Lipinski definition) is 3. The molecular formula is C8H7F2NOS. The standard InChI is InChI=1S/C8H7F2NOS/c9-8(10)3-1-2-5-7(8)13-6(4-12)11-5/h4H,1-3H2. The lowest BCUT2D eigenvalue weighted by atomic mass is 10.00. The first-order valence-electron chi connectivity index (χ1n) is 3.96. The van der Waals surface area contributed by atoms with E-state index in [0.717, 1.165) is 11.3 Å². The molecule has 0 spiro atoms. The van der Waals surface area contributed by atoms with Crippen molar-refractivity contribution in [1.29, 1.82) is 0 Å². The van der Waals surface area contributed by atoms with Crippen LogP contribution in [0.15, 0.2) is 0 Å². The minimum Gasteiger partial charge on any atom is -0.295 e. The van der Waals surface area contributed by atoms with E-state index in [1.807, 2.05) is 0 Å². The molecule has 0 aliphatic heterocycles. The zero-order valence-corrected chi connectivity index (χ0v) is 7.53. The van der Waals surface area contributed by atoms with Gasteiger partial charge in [0.05, 0.1) is 10.6 Å². The first-order valence-corrected chi connectivity index (χ1v) is 4.78. The number of aryl methyl sites for hydroxylation is 1. The summed E-state index contributed by atoms with van der Waals surface area (Å²) in [6.07, 6.45) is 1.41. The molecule has 0 bridgehead atoms. The molecule has 1 aromatic heterocycles. The summed E-state index contributed by atoms with van der Waals surface area (Å²) in [5.41, 5.74) is 0.406. The van der Waals surface area contributed by atoms with Crippen LogP contribution in [0.5, 0.6) is 0 Å². The summed E-state index contributed by atoms with van der Waals surface area (Å²) in [6, 6.07) is 0. The summed E-state index contributed by atoms with van der Waals surface area (Å²) in [4.78, 5) is 14.2. The lowest BCUT2D eigenvalue weighted by Crippen LogP contribution is -2.18. The summed E-state index contributed by atoms with van der Waals surface area (Å²) in [5, 5.41) is 0.159. The lowest BCUT2D eigenvalue weighted by Gasteiger charge is -2.19. The zero-order valence-electron chi connectivity index (χ0n) is 6.72. The van der Waals surface area contributed by atoms with Crippen molar-refractivity contribution in [3.8, 4) is 0 Å².